The van der Waals surface area contributed by atoms with E-state index in [4.69, 9.17) is 18.9 Å². The highest BCUT2D eigenvalue weighted by Gasteiger charge is 2.39. The smallest absolute Gasteiger partial charge is 0.256 e. The number of carboxylic acids is 1. The first-order valence-electron chi connectivity index (χ1n) is 10.3. The summed E-state index contributed by atoms with van der Waals surface area (Å²) < 4.78 is 24.2. The molecule has 3 rings (SSSR count). The minimum atomic E-state index is -1.20. The largest absolute Gasteiger partial charge is 0.550 e. The number of carbonyl (C=O) groups excluding carboxylic acids is 3. The first-order chi connectivity index (χ1) is 15.7. The Morgan fingerprint density at radius 3 is 1.59 bits per heavy atom. The number of carbonyl (C=O) groups is 3. The fourth-order valence-electron chi connectivity index (χ4n) is 3.42. The Balaban J connectivity index is 1.94. The van der Waals surface area contributed by atoms with E-state index in [1.807, 2.05) is 22.6 Å². The van der Waals surface area contributed by atoms with Gasteiger partial charge in [-0.15, -0.1) is 0 Å². The van der Waals surface area contributed by atoms with Crippen LogP contribution in [0.25, 0.3) is 0 Å². The molecule has 2 fully saturated rings. The van der Waals surface area contributed by atoms with Crippen LogP contribution in [0.2, 0.25) is 0 Å². The molecule has 2 amide bonds. The molecular formula is C21H24I3N2O8-. The molecule has 2 aliphatic rings. The molecule has 0 bridgehead atoms. The molecule has 10 nitrogen and oxygen atoms in total. The molecule has 0 aromatic heterocycles. The van der Waals surface area contributed by atoms with Gasteiger partial charge in [-0.1, -0.05) is 0 Å². The van der Waals surface area contributed by atoms with Gasteiger partial charge in [-0.3, -0.25) is 9.59 Å². The van der Waals surface area contributed by atoms with Gasteiger partial charge < -0.3 is 39.5 Å². The quantitative estimate of drug-likeness (QED) is 0.402. The summed E-state index contributed by atoms with van der Waals surface area (Å²) in [6.45, 7) is 7.10. The Morgan fingerprint density at radius 2 is 1.26 bits per heavy atom. The van der Waals surface area contributed by atoms with Crippen molar-refractivity contribution in [2.45, 2.75) is 64.3 Å². The lowest BCUT2D eigenvalue weighted by Crippen LogP contribution is -2.34. The fourth-order valence-corrected chi connectivity index (χ4v) is 7.67. The van der Waals surface area contributed by atoms with Gasteiger partial charge in [0, 0.05) is 13.1 Å². The van der Waals surface area contributed by atoms with Crippen molar-refractivity contribution in [3.63, 3.8) is 0 Å². The number of rotatable bonds is 7. The molecule has 2 saturated heterocycles. The van der Waals surface area contributed by atoms with Crippen LogP contribution in [0.15, 0.2) is 0 Å². The van der Waals surface area contributed by atoms with Gasteiger partial charge in [-0.05, 0) is 114 Å². The maximum absolute atomic E-state index is 12.9. The summed E-state index contributed by atoms with van der Waals surface area (Å²) >= 11 is 6.18. The molecule has 34 heavy (non-hydrogen) atoms. The van der Waals surface area contributed by atoms with E-state index >= 15 is 0 Å². The molecule has 1 aromatic rings. The molecule has 2 heterocycles. The molecule has 0 aliphatic carbocycles. The Bertz CT molecular complexity index is 947. The molecule has 2 unspecified atom stereocenters. The van der Waals surface area contributed by atoms with Crippen LogP contribution >= 0.6 is 67.8 Å². The van der Waals surface area contributed by atoms with E-state index in [2.05, 4.69) is 55.8 Å². The van der Waals surface area contributed by atoms with Crippen molar-refractivity contribution in [3.8, 4) is 0 Å². The Hall–Kier alpha value is -0.340. The van der Waals surface area contributed by atoms with Gasteiger partial charge in [0.25, 0.3) is 11.8 Å². The summed E-state index contributed by atoms with van der Waals surface area (Å²) in [4.78, 5) is 37.0. The van der Waals surface area contributed by atoms with Gasteiger partial charge in [0.1, 0.15) is 0 Å². The molecule has 0 spiro atoms. The Labute approximate surface area is 238 Å². The average molecular weight is 813 g/mol. The van der Waals surface area contributed by atoms with Crippen LogP contribution in [0.5, 0.6) is 0 Å². The summed E-state index contributed by atoms with van der Waals surface area (Å²) in [5, 5.41) is 16.9. The Kier molecular flexibility index (Phi) is 9.10. The van der Waals surface area contributed by atoms with Crippen molar-refractivity contribution < 1.29 is 38.4 Å². The standard InChI is InChI=1S/C21H25I3N2O8/c1-20(2)31-7-10(33-20)18(29)25-16-13(22)9(5-6-12(27)28)14(23)17(15(16)24)26-19(30)11-8-32-21(3,4)34-11/h10-11H,5-8H2,1-4H3,(H,25,29)(H,26,30)(H,27,28)/p-1. The van der Waals surface area contributed by atoms with E-state index in [-0.39, 0.29) is 26.1 Å². The molecule has 188 valence electrons. The third kappa shape index (κ3) is 6.70. The second kappa shape index (κ2) is 11.0. The predicted molar refractivity (Wildman–Crippen MR) is 145 cm³/mol. The molecule has 1 aromatic carbocycles. The maximum Gasteiger partial charge on any atom is 0.256 e. The first kappa shape index (κ1) is 28.2. The lowest BCUT2D eigenvalue weighted by Gasteiger charge is -2.23. The fraction of sp³-hybridized carbons (Fsp3) is 0.571. The number of benzene rings is 1. The average Bonchev–Trinajstić information content (AvgIpc) is 3.29. The van der Waals surface area contributed by atoms with Gasteiger partial charge in [0.2, 0.25) is 0 Å². The van der Waals surface area contributed by atoms with Crippen LogP contribution in [-0.2, 0) is 39.8 Å². The zero-order chi connectivity index (χ0) is 25.4. The second-order valence-electron chi connectivity index (χ2n) is 8.66. The van der Waals surface area contributed by atoms with E-state index in [1.165, 1.54) is 0 Å². The Morgan fingerprint density at radius 1 is 0.853 bits per heavy atom. The highest BCUT2D eigenvalue weighted by atomic mass is 127. The predicted octanol–water partition coefficient (Wildman–Crippen LogP) is 2.36. The molecule has 2 aliphatic heterocycles. The summed E-state index contributed by atoms with van der Waals surface area (Å²) in [5.74, 6) is -3.74. The van der Waals surface area contributed by atoms with E-state index in [1.54, 1.807) is 27.7 Å². The van der Waals surface area contributed by atoms with E-state index in [0.29, 0.717) is 27.6 Å². The van der Waals surface area contributed by atoms with Crippen molar-refractivity contribution in [1.82, 2.24) is 0 Å². The molecule has 0 saturated carbocycles. The molecular weight excluding hydrogens is 789 g/mol. The molecule has 13 heteroatoms. The van der Waals surface area contributed by atoms with E-state index in [9.17, 15) is 19.5 Å². The number of hydrogen-bond donors (Lipinski definition) is 2. The third-order valence-electron chi connectivity index (χ3n) is 5.09. The summed E-state index contributed by atoms with van der Waals surface area (Å²) in [7, 11) is 0. The van der Waals surface area contributed by atoms with E-state index < -0.39 is 41.6 Å². The first-order valence-corrected chi connectivity index (χ1v) is 13.6. The highest BCUT2D eigenvalue weighted by Crippen LogP contribution is 2.40. The third-order valence-corrected chi connectivity index (χ3v) is 8.54. The van der Waals surface area contributed by atoms with Crippen molar-refractivity contribution >= 4 is 96.9 Å². The topological polar surface area (TPSA) is 135 Å². The maximum atomic E-state index is 12.9. The van der Waals surface area contributed by atoms with Crippen molar-refractivity contribution in [2.24, 2.45) is 0 Å². The van der Waals surface area contributed by atoms with Gasteiger partial charge in [0.15, 0.2) is 23.8 Å². The minimum absolute atomic E-state index is 0.103. The lowest BCUT2D eigenvalue weighted by molar-refractivity contribution is -0.305. The second-order valence-corrected chi connectivity index (χ2v) is 11.9. The number of ether oxygens (including phenoxy) is 4. The van der Waals surface area contributed by atoms with Crippen LogP contribution in [-0.4, -0.2) is 54.8 Å². The van der Waals surface area contributed by atoms with Crippen LogP contribution in [0.4, 0.5) is 11.4 Å². The van der Waals surface area contributed by atoms with Gasteiger partial charge >= 0.3 is 0 Å². The zero-order valence-corrected chi connectivity index (χ0v) is 25.4. The van der Waals surface area contributed by atoms with Gasteiger partial charge in [-0.25, -0.2) is 0 Å². The number of carboxylic acid groups (broad SMARTS) is 1. The van der Waals surface area contributed by atoms with Crippen LogP contribution in [0, 0.1) is 10.7 Å². The van der Waals surface area contributed by atoms with Crippen molar-refractivity contribution in [1.29, 1.82) is 0 Å². The normalized spacial score (nSPS) is 23.0. The highest BCUT2D eigenvalue weighted by molar-refractivity contribution is 14.1. The number of halogens is 3. The molecule has 0 radical (unpaired) electrons. The minimum Gasteiger partial charge on any atom is -0.550 e. The number of nitrogens with one attached hydrogen (secondary N) is 2. The van der Waals surface area contributed by atoms with Crippen LogP contribution in [0.1, 0.15) is 39.7 Å². The molecule has 2 atom stereocenters. The number of hydrogen-bond acceptors (Lipinski definition) is 8. The number of aliphatic carboxylic acids is 1. The molecule has 2 N–H and O–H groups in total. The monoisotopic (exact) mass is 813 g/mol. The van der Waals surface area contributed by atoms with Crippen molar-refractivity contribution in [2.75, 3.05) is 23.8 Å². The summed E-state index contributed by atoms with van der Waals surface area (Å²) in [5.41, 5.74) is 1.57. The number of amides is 2. The number of anilines is 2. The van der Waals surface area contributed by atoms with Crippen molar-refractivity contribution in [3.05, 3.63) is 16.3 Å². The van der Waals surface area contributed by atoms with Crippen LogP contribution < -0.4 is 15.7 Å². The van der Waals surface area contributed by atoms with E-state index in [0.717, 1.165) is 0 Å². The van der Waals surface area contributed by atoms with Crippen LogP contribution in [0.3, 0.4) is 0 Å². The van der Waals surface area contributed by atoms with Gasteiger partial charge in [0.05, 0.1) is 28.2 Å². The SMILES string of the molecule is CC1(C)OCC(C(=O)Nc2c(I)c(CCC(=O)[O-])c(I)c(NC(=O)C3COC(C)(C)O3)c2I)O1. The lowest BCUT2D eigenvalue weighted by atomic mass is 10.1. The summed E-state index contributed by atoms with van der Waals surface area (Å²) in [6, 6.07) is 0. The zero-order valence-electron chi connectivity index (χ0n) is 18.9. The summed E-state index contributed by atoms with van der Waals surface area (Å²) in [6.07, 6.45) is -1.67. The van der Waals surface area contributed by atoms with Gasteiger partial charge in [-0.2, -0.15) is 0 Å².